The Bertz CT molecular complexity index is 978. The van der Waals surface area contributed by atoms with Crippen LogP contribution in [0.5, 0.6) is 0 Å². The van der Waals surface area contributed by atoms with Crippen molar-refractivity contribution in [3.8, 4) is 0 Å². The second-order valence-corrected chi connectivity index (χ2v) is 12.7. The van der Waals surface area contributed by atoms with E-state index in [9.17, 15) is 9.70 Å². The molecule has 5 aliphatic carbocycles. The lowest BCUT2D eigenvalue weighted by Crippen LogP contribution is -2.56. The predicted molar refractivity (Wildman–Crippen MR) is 147 cm³/mol. The maximum absolute atomic E-state index is 12.4. The number of hydrogen-bond donors (Lipinski definition) is 0. The highest BCUT2D eigenvalue weighted by atomic mass is 16.5. The number of rotatable bonds is 9. The summed E-state index contributed by atoms with van der Waals surface area (Å²) in [6, 6.07) is 0. The molecule has 0 aromatic rings. The minimum Gasteiger partial charge on any atom is -0.462 e. The normalized spacial score (nSPS) is 34.1. The van der Waals surface area contributed by atoms with Crippen LogP contribution >= 0.6 is 0 Å². The maximum atomic E-state index is 12.4. The summed E-state index contributed by atoms with van der Waals surface area (Å²) in [6.07, 6.45) is 22.1. The van der Waals surface area contributed by atoms with Crippen molar-refractivity contribution >= 4 is 5.97 Å². The fourth-order valence-corrected chi connectivity index (χ4v) is 7.83. The first-order valence-electron chi connectivity index (χ1n) is 14.1. The van der Waals surface area contributed by atoms with Crippen molar-refractivity contribution in [1.29, 1.82) is 0 Å². The van der Waals surface area contributed by atoms with Gasteiger partial charge in [-0.2, -0.15) is 4.91 Å². The Morgan fingerprint density at radius 1 is 1.03 bits per heavy atom. The van der Waals surface area contributed by atoms with E-state index in [4.69, 9.17) is 4.74 Å². The van der Waals surface area contributed by atoms with Crippen LogP contribution < -0.4 is 0 Å². The molecule has 4 fully saturated rings. The second-order valence-electron chi connectivity index (χ2n) is 12.7. The molecule has 4 nitrogen and oxygen atoms in total. The van der Waals surface area contributed by atoms with Gasteiger partial charge in [0.15, 0.2) is 0 Å². The van der Waals surface area contributed by atoms with Crippen LogP contribution in [0.15, 0.2) is 63.9 Å². The Hall–Kier alpha value is -2.23. The summed E-state index contributed by atoms with van der Waals surface area (Å²) < 4.78 is 5.53. The molecular weight excluding hydrogens is 446 g/mol. The summed E-state index contributed by atoms with van der Waals surface area (Å²) in [7, 11) is 0. The molecular formula is C32H45NO3. The second kappa shape index (κ2) is 11.0. The Kier molecular flexibility index (Phi) is 8.22. The molecule has 0 atom stereocenters. The van der Waals surface area contributed by atoms with E-state index in [0.717, 1.165) is 43.1 Å². The molecule has 0 aliphatic heterocycles. The summed E-state index contributed by atoms with van der Waals surface area (Å²) in [5.74, 6) is 2.01. The number of allylic oxidation sites excluding steroid dienone is 9. The summed E-state index contributed by atoms with van der Waals surface area (Å²) >= 11 is 0. The number of nitroso groups, excluding NO2 is 1. The van der Waals surface area contributed by atoms with Crippen molar-refractivity contribution < 1.29 is 9.53 Å². The molecule has 0 radical (unpaired) electrons. The zero-order chi connectivity index (χ0) is 25.9. The summed E-state index contributed by atoms with van der Waals surface area (Å²) in [5, 5.41) is 3.71. The summed E-state index contributed by atoms with van der Waals surface area (Å²) in [4.78, 5) is 24.4. The molecule has 4 saturated carbocycles. The average molecular weight is 492 g/mol. The van der Waals surface area contributed by atoms with E-state index in [0.29, 0.717) is 18.3 Å². The number of esters is 1. The lowest BCUT2D eigenvalue weighted by Gasteiger charge is -2.58. The fourth-order valence-electron chi connectivity index (χ4n) is 7.83. The van der Waals surface area contributed by atoms with E-state index < -0.39 is 5.54 Å². The van der Waals surface area contributed by atoms with Gasteiger partial charge in [-0.05, 0) is 112 Å². The number of nitrogens with zero attached hydrogens (tertiary/aromatic N) is 1. The molecule has 5 aliphatic rings. The molecule has 4 heteroatoms. The third kappa shape index (κ3) is 5.84. The van der Waals surface area contributed by atoms with E-state index in [1.54, 1.807) is 0 Å². The van der Waals surface area contributed by atoms with Gasteiger partial charge < -0.3 is 4.74 Å². The molecule has 0 aromatic carbocycles. The minimum absolute atomic E-state index is 0.242. The lowest BCUT2D eigenvalue weighted by atomic mass is 9.48. The smallest absolute Gasteiger partial charge is 0.331 e. The SMILES string of the molecule is CC(C=CC1=C(C)CCCC1(C)C)=CC=CC(C)=CC(=O)OCCC1(N=O)C2CC3CC(C2)CC1C3. The maximum Gasteiger partial charge on any atom is 0.331 e. The monoisotopic (exact) mass is 491 g/mol. The number of carbonyl (C=O) groups is 1. The Labute approximate surface area is 218 Å². The molecule has 0 saturated heterocycles. The summed E-state index contributed by atoms with van der Waals surface area (Å²) in [5.41, 5.74) is 4.71. The average Bonchev–Trinajstić information content (AvgIpc) is 2.80. The van der Waals surface area contributed by atoms with Gasteiger partial charge in [0.1, 0.15) is 5.54 Å². The number of ether oxygens (including phenoxy) is 1. The molecule has 0 unspecified atom stereocenters. The first-order chi connectivity index (χ1) is 17.1. The standard InChI is InChI=1S/C32H45NO3/c1-22(11-12-29-24(3)10-7-13-31(29,4)5)8-6-9-23(2)16-30(34)36-15-14-32(33-35)27-18-25-17-26(20-27)21-28(32)19-25/h6,8-9,11-12,16,25-28H,7,10,13-15,17-21H2,1-5H3. The van der Waals surface area contributed by atoms with E-state index >= 15 is 0 Å². The van der Waals surface area contributed by atoms with Crippen molar-refractivity contribution in [3.05, 3.63) is 63.7 Å². The van der Waals surface area contributed by atoms with Crippen LogP contribution in [0, 0.1) is 34.0 Å². The van der Waals surface area contributed by atoms with Crippen LogP contribution in [0.4, 0.5) is 0 Å². The Morgan fingerprint density at radius 2 is 1.69 bits per heavy atom. The number of hydrogen-bond acceptors (Lipinski definition) is 4. The molecule has 0 amide bonds. The van der Waals surface area contributed by atoms with Gasteiger partial charge in [-0.15, -0.1) is 0 Å². The number of carbonyl (C=O) groups excluding carboxylic acids is 1. The molecule has 5 rings (SSSR count). The first-order valence-corrected chi connectivity index (χ1v) is 14.1. The largest absolute Gasteiger partial charge is 0.462 e. The van der Waals surface area contributed by atoms with Gasteiger partial charge in [0.05, 0.1) is 6.61 Å². The van der Waals surface area contributed by atoms with E-state index in [1.165, 1.54) is 48.5 Å². The zero-order valence-corrected chi connectivity index (χ0v) is 23.0. The topological polar surface area (TPSA) is 55.7 Å². The van der Waals surface area contributed by atoms with Crippen LogP contribution in [0.2, 0.25) is 0 Å². The molecule has 0 N–H and O–H groups in total. The molecule has 196 valence electrons. The Balaban J connectivity index is 1.27. The van der Waals surface area contributed by atoms with E-state index in [-0.39, 0.29) is 18.0 Å². The van der Waals surface area contributed by atoms with Gasteiger partial charge in [-0.3, -0.25) is 0 Å². The highest BCUT2D eigenvalue weighted by Gasteiger charge is 2.58. The lowest BCUT2D eigenvalue weighted by molar-refractivity contribution is -0.139. The molecule has 0 spiro atoms. The highest BCUT2D eigenvalue weighted by Crippen LogP contribution is 2.60. The Morgan fingerprint density at radius 3 is 2.31 bits per heavy atom. The molecule has 36 heavy (non-hydrogen) atoms. The van der Waals surface area contributed by atoms with Crippen molar-refractivity contribution in [2.24, 2.45) is 34.3 Å². The van der Waals surface area contributed by atoms with Gasteiger partial charge in [0.25, 0.3) is 0 Å². The van der Waals surface area contributed by atoms with Gasteiger partial charge >= 0.3 is 5.97 Å². The van der Waals surface area contributed by atoms with Crippen molar-refractivity contribution in [1.82, 2.24) is 0 Å². The van der Waals surface area contributed by atoms with E-state index in [1.807, 2.05) is 19.1 Å². The molecule has 0 aromatic heterocycles. The first kappa shape index (κ1) is 26.8. The van der Waals surface area contributed by atoms with Crippen LogP contribution in [0.25, 0.3) is 0 Å². The minimum atomic E-state index is -0.510. The van der Waals surface area contributed by atoms with Gasteiger partial charge in [0.2, 0.25) is 0 Å². The van der Waals surface area contributed by atoms with Crippen molar-refractivity contribution in [3.63, 3.8) is 0 Å². The zero-order valence-electron chi connectivity index (χ0n) is 23.0. The van der Waals surface area contributed by atoms with Gasteiger partial charge in [0, 0.05) is 12.5 Å². The van der Waals surface area contributed by atoms with Crippen molar-refractivity contribution in [2.45, 2.75) is 97.9 Å². The summed E-state index contributed by atoms with van der Waals surface area (Å²) in [6.45, 7) is 11.2. The quantitative estimate of drug-likeness (QED) is 0.141. The third-order valence-electron chi connectivity index (χ3n) is 9.59. The fraction of sp³-hybridized carbons (Fsp3) is 0.656. The third-order valence-corrected chi connectivity index (χ3v) is 9.59. The van der Waals surface area contributed by atoms with Crippen LogP contribution in [0.3, 0.4) is 0 Å². The van der Waals surface area contributed by atoms with E-state index in [2.05, 4.69) is 51.1 Å². The highest BCUT2D eigenvalue weighted by molar-refractivity contribution is 5.83. The van der Waals surface area contributed by atoms with Crippen LogP contribution in [0.1, 0.15) is 92.4 Å². The van der Waals surface area contributed by atoms with Crippen LogP contribution in [-0.2, 0) is 9.53 Å². The van der Waals surface area contributed by atoms with Crippen LogP contribution in [-0.4, -0.2) is 18.1 Å². The molecule has 0 heterocycles. The predicted octanol–water partition coefficient (Wildman–Crippen LogP) is 8.41. The van der Waals surface area contributed by atoms with Gasteiger partial charge in [-0.25, -0.2) is 4.79 Å². The molecule has 4 bridgehead atoms. The van der Waals surface area contributed by atoms with Gasteiger partial charge in [-0.1, -0.05) is 60.6 Å². The van der Waals surface area contributed by atoms with Crippen molar-refractivity contribution in [2.75, 3.05) is 6.61 Å².